The van der Waals surface area contributed by atoms with Gasteiger partial charge in [-0.2, -0.15) is 5.06 Å². The molecule has 24 heavy (non-hydrogen) atoms. The van der Waals surface area contributed by atoms with Crippen molar-refractivity contribution in [1.29, 1.82) is 0 Å². The van der Waals surface area contributed by atoms with Crippen LogP contribution in [0.2, 0.25) is 0 Å². The Morgan fingerprint density at radius 1 is 1.33 bits per heavy atom. The highest BCUT2D eigenvalue weighted by Crippen LogP contribution is 2.33. The lowest BCUT2D eigenvalue weighted by molar-refractivity contribution is -0.209. The van der Waals surface area contributed by atoms with Gasteiger partial charge in [-0.25, -0.2) is 0 Å². The van der Waals surface area contributed by atoms with Gasteiger partial charge in [0.15, 0.2) is 11.5 Å². The van der Waals surface area contributed by atoms with Crippen LogP contribution in [-0.2, 0) is 9.63 Å². The van der Waals surface area contributed by atoms with Crippen LogP contribution < -0.4 is 9.47 Å². The van der Waals surface area contributed by atoms with Crippen LogP contribution in [0.4, 0.5) is 0 Å². The van der Waals surface area contributed by atoms with Crippen molar-refractivity contribution < 1.29 is 24.3 Å². The lowest BCUT2D eigenvalue weighted by Crippen LogP contribution is -2.36. The predicted molar refractivity (Wildman–Crippen MR) is 86.2 cm³/mol. The predicted octanol–water partition coefficient (Wildman–Crippen LogP) is 2.70. The zero-order valence-electron chi connectivity index (χ0n) is 13.9. The number of benzene rings is 1. The fraction of sp³-hybridized carbons (Fsp3) is 0.529. The number of ether oxygens (including phenoxy) is 2. The van der Waals surface area contributed by atoms with E-state index in [-0.39, 0.29) is 6.10 Å². The summed E-state index contributed by atoms with van der Waals surface area (Å²) < 4.78 is 11.5. The van der Waals surface area contributed by atoms with Gasteiger partial charge in [0.25, 0.3) is 0 Å². The van der Waals surface area contributed by atoms with Gasteiger partial charge in [-0.05, 0) is 43.9 Å². The van der Waals surface area contributed by atoms with Gasteiger partial charge in [-0.15, -0.1) is 0 Å². The monoisotopic (exact) mass is 334 g/mol. The van der Waals surface area contributed by atoms with Gasteiger partial charge in [0.05, 0.1) is 25.3 Å². The standard InChI is InChI=1S/C17H22N2O5/c1-11(20)19(21)17-10-14(18-24-17)12-7-8-15(22-2)16(9-12)23-13-5-3-4-6-13/h7-9,13,17,21H,3-6,10H2,1-2H3. The smallest absolute Gasteiger partial charge is 0.246 e. The Kier molecular flexibility index (Phi) is 4.89. The van der Waals surface area contributed by atoms with E-state index in [2.05, 4.69) is 5.16 Å². The van der Waals surface area contributed by atoms with E-state index in [9.17, 15) is 10.0 Å². The molecule has 0 radical (unpaired) electrons. The molecule has 0 spiro atoms. The van der Waals surface area contributed by atoms with E-state index in [0.29, 0.717) is 28.7 Å². The quantitative estimate of drug-likeness (QED) is 0.661. The minimum Gasteiger partial charge on any atom is -0.493 e. The summed E-state index contributed by atoms with van der Waals surface area (Å²) >= 11 is 0. The molecule has 130 valence electrons. The Morgan fingerprint density at radius 2 is 2.08 bits per heavy atom. The molecule has 1 fully saturated rings. The van der Waals surface area contributed by atoms with Crippen molar-refractivity contribution in [2.24, 2.45) is 5.16 Å². The van der Waals surface area contributed by atoms with Gasteiger partial charge in [-0.1, -0.05) is 5.16 Å². The summed E-state index contributed by atoms with van der Waals surface area (Å²) in [5.74, 6) is 0.867. The molecule has 0 saturated heterocycles. The molecule has 0 aromatic heterocycles. The molecule has 0 bridgehead atoms. The molecule has 1 aliphatic heterocycles. The molecule has 2 aliphatic rings. The van der Waals surface area contributed by atoms with Crippen LogP contribution in [0.3, 0.4) is 0 Å². The number of amides is 1. The van der Waals surface area contributed by atoms with Gasteiger partial charge >= 0.3 is 0 Å². The van der Waals surface area contributed by atoms with Crippen LogP contribution in [0.25, 0.3) is 0 Å². The Bertz CT molecular complexity index is 640. The van der Waals surface area contributed by atoms with Crippen LogP contribution in [0.15, 0.2) is 23.4 Å². The molecule has 1 heterocycles. The number of nitrogens with zero attached hydrogens (tertiary/aromatic N) is 2. The maximum atomic E-state index is 11.2. The summed E-state index contributed by atoms with van der Waals surface area (Å²) in [4.78, 5) is 16.4. The maximum Gasteiger partial charge on any atom is 0.246 e. The first-order valence-electron chi connectivity index (χ1n) is 8.15. The van der Waals surface area contributed by atoms with Crippen LogP contribution in [-0.4, -0.2) is 41.3 Å². The van der Waals surface area contributed by atoms with E-state index >= 15 is 0 Å². The molecule has 7 heteroatoms. The molecule has 1 aromatic carbocycles. The van der Waals surface area contributed by atoms with Crippen molar-refractivity contribution in [2.75, 3.05) is 7.11 Å². The summed E-state index contributed by atoms with van der Waals surface area (Å²) in [5.41, 5.74) is 1.47. The first-order chi connectivity index (χ1) is 11.6. The second-order valence-electron chi connectivity index (χ2n) is 6.06. The summed E-state index contributed by atoms with van der Waals surface area (Å²) in [6.45, 7) is 1.27. The molecule has 1 atom stereocenters. The molecule has 1 aliphatic carbocycles. The van der Waals surface area contributed by atoms with Crippen LogP contribution in [0.5, 0.6) is 11.5 Å². The maximum absolute atomic E-state index is 11.2. The van der Waals surface area contributed by atoms with Crippen molar-refractivity contribution in [3.63, 3.8) is 0 Å². The Morgan fingerprint density at radius 3 is 2.75 bits per heavy atom. The highest BCUT2D eigenvalue weighted by molar-refractivity contribution is 6.01. The number of carbonyl (C=O) groups excluding carboxylic acids is 1. The Hall–Kier alpha value is -2.28. The van der Waals surface area contributed by atoms with E-state index in [1.165, 1.54) is 19.8 Å². The average Bonchev–Trinajstić information content (AvgIpc) is 3.25. The highest BCUT2D eigenvalue weighted by Gasteiger charge is 2.29. The molecule has 7 nitrogen and oxygen atoms in total. The molecular formula is C17H22N2O5. The van der Waals surface area contributed by atoms with Crippen LogP contribution >= 0.6 is 0 Å². The molecule has 3 rings (SSSR count). The number of hydrogen-bond donors (Lipinski definition) is 1. The van der Waals surface area contributed by atoms with E-state index < -0.39 is 12.1 Å². The summed E-state index contributed by atoms with van der Waals surface area (Å²) in [6.07, 6.45) is 4.21. The first kappa shape index (κ1) is 16.6. The van der Waals surface area contributed by atoms with E-state index in [1.54, 1.807) is 7.11 Å². The van der Waals surface area contributed by atoms with E-state index in [0.717, 1.165) is 18.4 Å². The highest BCUT2D eigenvalue weighted by atomic mass is 16.7. The Balaban J connectivity index is 1.75. The van der Waals surface area contributed by atoms with Crippen molar-refractivity contribution in [1.82, 2.24) is 5.06 Å². The zero-order valence-corrected chi connectivity index (χ0v) is 13.9. The summed E-state index contributed by atoms with van der Waals surface area (Å²) in [6, 6.07) is 5.56. The van der Waals surface area contributed by atoms with E-state index in [1.807, 2.05) is 18.2 Å². The van der Waals surface area contributed by atoms with Gasteiger partial charge in [0.1, 0.15) is 0 Å². The number of hydrogen-bond acceptors (Lipinski definition) is 6. The zero-order chi connectivity index (χ0) is 17.1. The fourth-order valence-corrected chi connectivity index (χ4v) is 3.00. The second-order valence-corrected chi connectivity index (χ2v) is 6.06. The second kappa shape index (κ2) is 7.09. The van der Waals surface area contributed by atoms with Crippen molar-refractivity contribution >= 4 is 11.6 Å². The molecule has 1 amide bonds. The number of hydroxylamine groups is 2. The van der Waals surface area contributed by atoms with Gasteiger partial charge in [0, 0.05) is 12.5 Å². The van der Waals surface area contributed by atoms with Crippen molar-refractivity contribution in [3.8, 4) is 11.5 Å². The number of oxime groups is 1. The summed E-state index contributed by atoms with van der Waals surface area (Å²) in [5, 5.41) is 14.2. The lowest BCUT2D eigenvalue weighted by atomic mass is 10.1. The molecule has 1 unspecified atom stereocenters. The normalized spacial score (nSPS) is 20.5. The van der Waals surface area contributed by atoms with Crippen molar-refractivity contribution in [2.45, 2.75) is 51.4 Å². The number of rotatable bonds is 5. The molecule has 1 aromatic rings. The SMILES string of the molecule is COc1ccc(C2=NOC(N(O)C(C)=O)C2)cc1OC1CCCC1. The van der Waals surface area contributed by atoms with Crippen molar-refractivity contribution in [3.05, 3.63) is 23.8 Å². The minimum atomic E-state index is -0.793. The van der Waals surface area contributed by atoms with E-state index in [4.69, 9.17) is 14.3 Å². The average molecular weight is 334 g/mol. The van der Waals surface area contributed by atoms with Gasteiger partial charge in [0.2, 0.25) is 12.1 Å². The molecular weight excluding hydrogens is 312 g/mol. The van der Waals surface area contributed by atoms with Gasteiger partial charge in [-0.3, -0.25) is 10.0 Å². The number of methoxy groups -OCH3 is 1. The largest absolute Gasteiger partial charge is 0.493 e. The fourth-order valence-electron chi connectivity index (χ4n) is 3.00. The van der Waals surface area contributed by atoms with Gasteiger partial charge < -0.3 is 14.3 Å². The minimum absolute atomic E-state index is 0.217. The van der Waals surface area contributed by atoms with Crippen LogP contribution in [0.1, 0.15) is 44.6 Å². The third-order valence-electron chi connectivity index (χ3n) is 4.34. The lowest BCUT2D eigenvalue weighted by Gasteiger charge is -2.18. The Labute approximate surface area is 140 Å². The third kappa shape index (κ3) is 3.46. The van der Waals surface area contributed by atoms with Crippen LogP contribution in [0, 0.1) is 0 Å². The number of carbonyl (C=O) groups is 1. The third-order valence-corrected chi connectivity index (χ3v) is 4.34. The first-order valence-corrected chi connectivity index (χ1v) is 8.15. The molecule has 1 N–H and O–H groups in total. The topological polar surface area (TPSA) is 80.6 Å². The summed E-state index contributed by atoms with van der Waals surface area (Å²) in [7, 11) is 1.61. The molecule has 1 saturated carbocycles.